The number of aromatic nitrogens is 2. The molecule has 0 atom stereocenters. The molecule has 3 aromatic carbocycles. The van der Waals surface area contributed by atoms with E-state index in [1.165, 1.54) is 0 Å². The fourth-order valence-electron chi connectivity index (χ4n) is 3.45. The van der Waals surface area contributed by atoms with E-state index in [1.54, 1.807) is 10.9 Å². The van der Waals surface area contributed by atoms with Gasteiger partial charge < -0.3 is 4.74 Å². The smallest absolute Gasteiger partial charge is 0.244 e. The summed E-state index contributed by atoms with van der Waals surface area (Å²) in [6, 6.07) is 23.1. The molecule has 0 amide bonds. The van der Waals surface area contributed by atoms with Crippen molar-refractivity contribution in [3.8, 4) is 11.5 Å². The number of carbonyl (C=O) groups excluding carboxylic acids is 1. The number of ether oxygens (including phenoxy) is 1. The second-order valence-corrected chi connectivity index (χ2v) is 6.05. The largest absolute Gasteiger partial charge is 0.457 e. The summed E-state index contributed by atoms with van der Waals surface area (Å²) in [6.07, 6.45) is 1.60. The minimum atomic E-state index is -0.418. The fourth-order valence-corrected chi connectivity index (χ4v) is 3.45. The van der Waals surface area contributed by atoms with Crippen molar-refractivity contribution in [1.29, 1.82) is 0 Å². The molecule has 5 rings (SSSR count). The van der Waals surface area contributed by atoms with Gasteiger partial charge in [0.25, 0.3) is 0 Å². The number of hydrogen-bond donors (Lipinski definition) is 0. The SMILES string of the molecule is O=C(C1c2ccccc2Oc2ccccc21)n1cnc2ccccc21. The van der Waals surface area contributed by atoms with Gasteiger partial charge in [-0.15, -0.1) is 0 Å². The van der Waals surface area contributed by atoms with E-state index in [2.05, 4.69) is 4.98 Å². The number of hydrogen-bond acceptors (Lipinski definition) is 3. The molecule has 4 aromatic rings. The van der Waals surface area contributed by atoms with Crippen molar-refractivity contribution < 1.29 is 9.53 Å². The van der Waals surface area contributed by atoms with Crippen molar-refractivity contribution in [2.75, 3.05) is 0 Å². The molecule has 2 heterocycles. The Morgan fingerprint density at radius 2 is 1.44 bits per heavy atom. The van der Waals surface area contributed by atoms with E-state index in [9.17, 15) is 4.79 Å². The highest BCUT2D eigenvalue weighted by atomic mass is 16.5. The maximum absolute atomic E-state index is 13.5. The normalized spacial score (nSPS) is 13.1. The molecule has 0 saturated carbocycles. The molecular weight excluding hydrogens is 312 g/mol. The van der Waals surface area contributed by atoms with E-state index in [0.717, 1.165) is 33.7 Å². The summed E-state index contributed by atoms with van der Waals surface area (Å²) in [5.74, 6) is 1.00. The van der Waals surface area contributed by atoms with Gasteiger partial charge in [0.2, 0.25) is 5.91 Å². The number of fused-ring (bicyclic) bond motifs is 3. The van der Waals surface area contributed by atoms with Crippen molar-refractivity contribution in [2.45, 2.75) is 5.92 Å². The quantitative estimate of drug-likeness (QED) is 0.513. The molecule has 1 aromatic heterocycles. The number of carbonyl (C=O) groups is 1. The number of rotatable bonds is 1. The minimum absolute atomic E-state index is 0.0306. The lowest BCUT2D eigenvalue weighted by atomic mass is 9.87. The van der Waals surface area contributed by atoms with Crippen molar-refractivity contribution in [3.63, 3.8) is 0 Å². The summed E-state index contributed by atoms with van der Waals surface area (Å²) in [5, 5.41) is 0. The zero-order chi connectivity index (χ0) is 16.8. The number of benzene rings is 3. The van der Waals surface area contributed by atoms with Crippen LogP contribution in [-0.2, 0) is 0 Å². The lowest BCUT2D eigenvalue weighted by Crippen LogP contribution is -2.23. The highest BCUT2D eigenvalue weighted by molar-refractivity contribution is 5.97. The van der Waals surface area contributed by atoms with Crippen LogP contribution in [0.2, 0.25) is 0 Å². The standard InChI is InChI=1S/C21H14N2O2/c24-21(23-13-22-16-9-3-4-10-17(16)23)20-14-7-1-5-11-18(14)25-19-12-6-2-8-15(19)20/h1-13,20H. The molecule has 0 aliphatic carbocycles. The van der Waals surface area contributed by atoms with E-state index >= 15 is 0 Å². The Kier molecular flexibility index (Phi) is 2.97. The molecule has 4 heteroatoms. The number of imidazole rings is 1. The summed E-state index contributed by atoms with van der Waals surface area (Å²) in [7, 11) is 0. The molecule has 0 bridgehead atoms. The van der Waals surface area contributed by atoms with E-state index in [-0.39, 0.29) is 5.91 Å². The summed E-state index contributed by atoms with van der Waals surface area (Å²) >= 11 is 0. The van der Waals surface area contributed by atoms with Crippen molar-refractivity contribution in [3.05, 3.63) is 90.3 Å². The van der Waals surface area contributed by atoms with Crippen LogP contribution in [0, 0.1) is 0 Å². The van der Waals surface area contributed by atoms with Crippen molar-refractivity contribution >= 4 is 16.9 Å². The molecule has 25 heavy (non-hydrogen) atoms. The molecule has 0 N–H and O–H groups in total. The summed E-state index contributed by atoms with van der Waals surface area (Å²) in [4.78, 5) is 17.8. The van der Waals surface area contributed by atoms with Crippen LogP contribution in [0.5, 0.6) is 11.5 Å². The molecule has 4 nitrogen and oxygen atoms in total. The molecule has 1 aliphatic heterocycles. The van der Waals surface area contributed by atoms with Gasteiger partial charge in [-0.05, 0) is 24.3 Å². The van der Waals surface area contributed by atoms with Crippen molar-refractivity contribution in [1.82, 2.24) is 9.55 Å². The number of para-hydroxylation sites is 4. The van der Waals surface area contributed by atoms with Crippen LogP contribution in [-0.4, -0.2) is 15.5 Å². The van der Waals surface area contributed by atoms with Gasteiger partial charge in [-0.1, -0.05) is 48.5 Å². The maximum Gasteiger partial charge on any atom is 0.244 e. The Labute approximate surface area is 144 Å². The topological polar surface area (TPSA) is 44.1 Å². The summed E-state index contributed by atoms with van der Waals surface area (Å²) in [5.41, 5.74) is 3.38. The molecule has 1 aliphatic rings. The lowest BCUT2D eigenvalue weighted by Gasteiger charge is -2.27. The molecule has 0 spiro atoms. The predicted octanol–water partition coefficient (Wildman–Crippen LogP) is 4.61. The Balaban J connectivity index is 1.72. The first-order valence-corrected chi connectivity index (χ1v) is 8.15. The molecular formula is C21H14N2O2. The van der Waals surface area contributed by atoms with Crippen LogP contribution in [0.25, 0.3) is 11.0 Å². The second-order valence-electron chi connectivity index (χ2n) is 6.05. The fraction of sp³-hybridized carbons (Fsp3) is 0.0476. The van der Waals surface area contributed by atoms with E-state index in [1.807, 2.05) is 72.8 Å². The van der Waals surface area contributed by atoms with Crippen molar-refractivity contribution in [2.24, 2.45) is 0 Å². The first kappa shape index (κ1) is 14.0. The predicted molar refractivity (Wildman–Crippen MR) is 95.2 cm³/mol. The molecule has 120 valence electrons. The third-order valence-electron chi connectivity index (χ3n) is 4.62. The maximum atomic E-state index is 13.5. The first-order chi connectivity index (χ1) is 12.3. The van der Waals surface area contributed by atoms with Crippen LogP contribution in [0.3, 0.4) is 0 Å². The third-order valence-corrected chi connectivity index (χ3v) is 4.62. The molecule has 0 saturated heterocycles. The van der Waals surface area contributed by atoms with Gasteiger partial charge in [-0.25, -0.2) is 4.98 Å². The highest BCUT2D eigenvalue weighted by Crippen LogP contribution is 2.44. The van der Waals surface area contributed by atoms with Gasteiger partial charge in [-0.2, -0.15) is 0 Å². The summed E-state index contributed by atoms with van der Waals surface area (Å²) in [6.45, 7) is 0. The highest BCUT2D eigenvalue weighted by Gasteiger charge is 2.33. The minimum Gasteiger partial charge on any atom is -0.457 e. The average molecular weight is 326 g/mol. The zero-order valence-corrected chi connectivity index (χ0v) is 13.3. The molecule has 0 fully saturated rings. The van der Waals surface area contributed by atoms with Crippen LogP contribution in [0.4, 0.5) is 0 Å². The Morgan fingerprint density at radius 1 is 0.840 bits per heavy atom. The van der Waals surface area contributed by atoms with Gasteiger partial charge >= 0.3 is 0 Å². The van der Waals surface area contributed by atoms with Crippen LogP contribution in [0.1, 0.15) is 21.8 Å². The van der Waals surface area contributed by atoms with Gasteiger partial charge in [0.05, 0.1) is 17.0 Å². The summed E-state index contributed by atoms with van der Waals surface area (Å²) < 4.78 is 7.62. The lowest BCUT2D eigenvalue weighted by molar-refractivity contribution is 0.0893. The third kappa shape index (κ3) is 2.08. The number of nitrogens with zero attached hydrogens (tertiary/aromatic N) is 2. The van der Waals surface area contributed by atoms with Crippen LogP contribution < -0.4 is 4.74 Å². The van der Waals surface area contributed by atoms with E-state index < -0.39 is 5.92 Å². The van der Waals surface area contributed by atoms with Gasteiger partial charge in [0.15, 0.2) is 0 Å². The zero-order valence-electron chi connectivity index (χ0n) is 13.3. The first-order valence-electron chi connectivity index (χ1n) is 8.15. The van der Waals surface area contributed by atoms with Crippen LogP contribution in [0.15, 0.2) is 79.1 Å². The molecule has 0 unspecified atom stereocenters. The average Bonchev–Trinajstić information content (AvgIpc) is 3.09. The second kappa shape index (κ2) is 5.31. The Hall–Kier alpha value is -3.40. The molecule has 0 radical (unpaired) electrons. The van der Waals surface area contributed by atoms with Gasteiger partial charge in [-0.3, -0.25) is 9.36 Å². The Morgan fingerprint density at radius 3 is 2.16 bits per heavy atom. The van der Waals surface area contributed by atoms with Crippen LogP contribution >= 0.6 is 0 Å². The van der Waals surface area contributed by atoms with E-state index in [0.29, 0.717) is 0 Å². The monoisotopic (exact) mass is 326 g/mol. The van der Waals surface area contributed by atoms with Gasteiger partial charge in [0.1, 0.15) is 17.8 Å². The van der Waals surface area contributed by atoms with Gasteiger partial charge in [0, 0.05) is 11.1 Å². The van der Waals surface area contributed by atoms with E-state index in [4.69, 9.17) is 4.74 Å². The Bertz CT molecular complexity index is 1070.